The highest BCUT2D eigenvalue weighted by Gasteiger charge is 2.52. The minimum absolute atomic E-state index is 0.0599. The summed E-state index contributed by atoms with van der Waals surface area (Å²) in [5.74, 6) is -0.729. The minimum atomic E-state index is -0.626. The molecule has 2 N–H and O–H groups in total. The van der Waals surface area contributed by atoms with Crippen molar-refractivity contribution in [2.24, 2.45) is 11.7 Å². The van der Waals surface area contributed by atoms with E-state index in [1.54, 1.807) is 25.7 Å². The molecule has 4 nitrogen and oxygen atoms in total. The molecule has 2 aliphatic heterocycles. The van der Waals surface area contributed by atoms with Crippen LogP contribution < -0.4 is 5.73 Å². The number of nitrogens with zero attached hydrogens (tertiary/aromatic N) is 1. The van der Waals surface area contributed by atoms with Crippen LogP contribution >= 0.6 is 15.9 Å². The number of nitrogens with two attached hydrogens (primary N) is 1. The number of carbonyl (C=O) groups excluding carboxylic acids is 1. The second-order valence-electron chi connectivity index (χ2n) is 7.98. The lowest BCUT2D eigenvalue weighted by Gasteiger charge is -2.56. The van der Waals surface area contributed by atoms with Gasteiger partial charge in [-0.25, -0.2) is 13.6 Å². The van der Waals surface area contributed by atoms with E-state index >= 15 is 0 Å². The van der Waals surface area contributed by atoms with Gasteiger partial charge in [0.1, 0.15) is 17.2 Å². The Labute approximate surface area is 154 Å². The fraction of sp³-hybridized carbons (Fsp3) is 0.611. The van der Waals surface area contributed by atoms with Crippen molar-refractivity contribution < 1.29 is 18.3 Å². The lowest BCUT2D eigenvalue weighted by atomic mass is 9.67. The molecule has 138 valence electrons. The van der Waals surface area contributed by atoms with Crippen LogP contribution in [0.2, 0.25) is 0 Å². The van der Waals surface area contributed by atoms with E-state index in [9.17, 15) is 13.6 Å². The Balaban J connectivity index is 1.88. The van der Waals surface area contributed by atoms with Crippen molar-refractivity contribution in [3.05, 3.63) is 33.8 Å². The molecule has 3 fully saturated rings. The van der Waals surface area contributed by atoms with Crippen LogP contribution in [0.25, 0.3) is 0 Å². The van der Waals surface area contributed by atoms with Gasteiger partial charge in [0, 0.05) is 12.1 Å². The highest BCUT2D eigenvalue weighted by molar-refractivity contribution is 9.10. The van der Waals surface area contributed by atoms with Crippen LogP contribution in [-0.2, 0) is 11.2 Å². The molecule has 0 radical (unpaired) electrons. The fourth-order valence-electron chi connectivity index (χ4n) is 3.76. The molecule has 4 rings (SSSR count). The van der Waals surface area contributed by atoms with Crippen molar-refractivity contribution in [2.75, 3.05) is 0 Å². The molecule has 7 heteroatoms. The first-order valence-electron chi connectivity index (χ1n) is 8.47. The number of rotatable bonds is 2. The van der Waals surface area contributed by atoms with Gasteiger partial charge < -0.3 is 15.4 Å². The van der Waals surface area contributed by atoms with Crippen molar-refractivity contribution in [3.63, 3.8) is 0 Å². The van der Waals surface area contributed by atoms with Crippen LogP contribution in [0, 0.1) is 17.6 Å². The molecule has 2 bridgehead atoms. The molecule has 1 aromatic rings. The van der Waals surface area contributed by atoms with Gasteiger partial charge in [0.25, 0.3) is 0 Å². The Bertz CT molecular complexity index is 686. The van der Waals surface area contributed by atoms with Crippen LogP contribution in [0.3, 0.4) is 0 Å². The van der Waals surface area contributed by atoms with Gasteiger partial charge in [-0.15, -0.1) is 0 Å². The molecule has 2 unspecified atom stereocenters. The summed E-state index contributed by atoms with van der Waals surface area (Å²) in [6, 6.07) is 1.63. The van der Waals surface area contributed by atoms with Crippen LogP contribution in [0.5, 0.6) is 0 Å². The molecule has 25 heavy (non-hydrogen) atoms. The minimum Gasteiger partial charge on any atom is -0.444 e. The zero-order valence-electron chi connectivity index (χ0n) is 14.6. The summed E-state index contributed by atoms with van der Waals surface area (Å²) in [5.41, 5.74) is 5.93. The van der Waals surface area contributed by atoms with Crippen molar-refractivity contribution in [3.8, 4) is 0 Å². The molecule has 2 atom stereocenters. The van der Waals surface area contributed by atoms with Crippen molar-refractivity contribution in [1.29, 1.82) is 0 Å². The standard InChI is InChI=1S/C18H23BrF2N2O2/c1-18(2,3)25-17(24)23-12-5-10(6-12)16(22)14(23)7-9-4-11(20)8-13(19)15(9)21/h4,8,10,12,14,16H,5-7,22H2,1-3H3. The van der Waals surface area contributed by atoms with Gasteiger partial charge in [0.05, 0.1) is 10.5 Å². The number of benzene rings is 1. The smallest absolute Gasteiger partial charge is 0.410 e. The van der Waals surface area contributed by atoms with Gasteiger partial charge in [0.2, 0.25) is 0 Å². The van der Waals surface area contributed by atoms with Gasteiger partial charge in [-0.3, -0.25) is 0 Å². The summed E-state index contributed by atoms with van der Waals surface area (Å²) in [6.45, 7) is 5.41. The Kier molecular flexibility index (Phi) is 4.83. The molecule has 0 spiro atoms. The summed E-state index contributed by atoms with van der Waals surface area (Å²) in [7, 11) is 0. The van der Waals surface area contributed by atoms with E-state index in [-0.39, 0.29) is 28.5 Å². The second-order valence-corrected chi connectivity index (χ2v) is 8.84. The maximum Gasteiger partial charge on any atom is 0.410 e. The van der Waals surface area contributed by atoms with E-state index in [0.717, 1.165) is 18.9 Å². The number of hydrogen-bond donors (Lipinski definition) is 1. The average molecular weight is 417 g/mol. The number of ether oxygens (including phenoxy) is 1. The Morgan fingerprint density at radius 1 is 1.36 bits per heavy atom. The van der Waals surface area contributed by atoms with E-state index in [0.29, 0.717) is 5.92 Å². The van der Waals surface area contributed by atoms with Gasteiger partial charge in [-0.05, 0) is 79.6 Å². The van der Waals surface area contributed by atoms with Crippen molar-refractivity contribution in [2.45, 2.75) is 63.8 Å². The second kappa shape index (κ2) is 6.50. The zero-order valence-corrected chi connectivity index (χ0v) is 16.1. The van der Waals surface area contributed by atoms with Gasteiger partial charge >= 0.3 is 6.09 Å². The molecule has 0 aromatic heterocycles. The first-order chi connectivity index (χ1) is 11.6. The largest absolute Gasteiger partial charge is 0.444 e. The Hall–Kier alpha value is -1.21. The first kappa shape index (κ1) is 18.6. The number of halogens is 3. The fourth-order valence-corrected chi connectivity index (χ4v) is 4.23. The monoisotopic (exact) mass is 416 g/mol. The van der Waals surface area contributed by atoms with Crippen molar-refractivity contribution >= 4 is 22.0 Å². The normalized spacial score (nSPS) is 28.5. The summed E-state index contributed by atoms with van der Waals surface area (Å²) >= 11 is 3.03. The van der Waals surface area contributed by atoms with E-state index < -0.39 is 29.4 Å². The topological polar surface area (TPSA) is 55.6 Å². The quantitative estimate of drug-likeness (QED) is 0.741. The number of piperidine rings is 2. The summed E-state index contributed by atoms with van der Waals surface area (Å²) in [6.07, 6.45) is 1.40. The average Bonchev–Trinajstić information content (AvgIpc) is 2.42. The highest BCUT2D eigenvalue weighted by Crippen LogP contribution is 2.43. The number of hydrogen-bond acceptors (Lipinski definition) is 3. The molecular weight excluding hydrogens is 394 g/mol. The van der Waals surface area contributed by atoms with E-state index in [4.69, 9.17) is 10.5 Å². The third kappa shape index (κ3) is 3.67. The zero-order chi connectivity index (χ0) is 18.5. The number of carbonyl (C=O) groups is 1. The summed E-state index contributed by atoms with van der Waals surface area (Å²) < 4.78 is 33.7. The van der Waals surface area contributed by atoms with Crippen LogP contribution in [0.4, 0.5) is 13.6 Å². The van der Waals surface area contributed by atoms with Gasteiger partial charge in [-0.2, -0.15) is 0 Å². The summed E-state index contributed by atoms with van der Waals surface area (Å²) in [5, 5.41) is 0. The van der Waals surface area contributed by atoms with Crippen LogP contribution in [-0.4, -0.2) is 34.7 Å². The lowest BCUT2D eigenvalue weighted by Crippen LogP contribution is -2.69. The van der Waals surface area contributed by atoms with Gasteiger partial charge in [-0.1, -0.05) is 0 Å². The van der Waals surface area contributed by atoms with Crippen LogP contribution in [0.1, 0.15) is 39.2 Å². The highest BCUT2D eigenvalue weighted by atomic mass is 79.9. The molecule has 3 aliphatic rings. The number of amides is 1. The predicted octanol–water partition coefficient (Wildman–Crippen LogP) is 4.00. The lowest BCUT2D eigenvalue weighted by molar-refractivity contribution is -0.0619. The Morgan fingerprint density at radius 2 is 2.00 bits per heavy atom. The summed E-state index contributed by atoms with van der Waals surface area (Å²) in [4.78, 5) is 14.3. The van der Waals surface area contributed by atoms with E-state index in [1.165, 1.54) is 6.07 Å². The maximum absolute atomic E-state index is 14.4. The molecule has 1 aliphatic carbocycles. The molecule has 2 heterocycles. The van der Waals surface area contributed by atoms with Gasteiger partial charge in [0.15, 0.2) is 0 Å². The molecule has 1 amide bonds. The van der Waals surface area contributed by atoms with E-state index in [1.807, 2.05) is 0 Å². The third-order valence-corrected chi connectivity index (χ3v) is 5.57. The SMILES string of the molecule is CC(C)(C)OC(=O)N1C2CC(C2)C(N)C1Cc1cc(F)cc(Br)c1F. The van der Waals surface area contributed by atoms with Crippen molar-refractivity contribution in [1.82, 2.24) is 4.90 Å². The molecule has 2 saturated heterocycles. The van der Waals surface area contributed by atoms with E-state index in [2.05, 4.69) is 15.9 Å². The Morgan fingerprint density at radius 3 is 2.60 bits per heavy atom. The number of fused-ring (bicyclic) bond motifs is 2. The third-order valence-electron chi connectivity index (χ3n) is 4.99. The first-order valence-corrected chi connectivity index (χ1v) is 9.26. The molecule has 1 saturated carbocycles. The maximum atomic E-state index is 14.4. The molecular formula is C18H23BrF2N2O2. The molecule has 1 aromatic carbocycles. The van der Waals surface area contributed by atoms with Crippen LogP contribution in [0.15, 0.2) is 16.6 Å². The predicted molar refractivity (Wildman–Crippen MR) is 94.1 cm³/mol.